The fourth-order valence-corrected chi connectivity index (χ4v) is 4.12. The van der Waals surface area contributed by atoms with Crippen molar-refractivity contribution >= 4 is 52.2 Å². The second-order valence-electron chi connectivity index (χ2n) is 5.14. The summed E-state index contributed by atoms with van der Waals surface area (Å²) < 4.78 is 5.28. The molecular weight excluding hydrogens is 378 g/mol. The average molecular weight is 396 g/mol. The first-order valence-electron chi connectivity index (χ1n) is 7.38. The number of rotatable bonds is 6. The number of carbonyl (C=O) groups is 1. The van der Waals surface area contributed by atoms with Gasteiger partial charge in [0.05, 0.1) is 23.3 Å². The van der Waals surface area contributed by atoms with Crippen LogP contribution in [-0.4, -0.2) is 28.6 Å². The highest BCUT2D eigenvalue weighted by Gasteiger charge is 2.13. The van der Waals surface area contributed by atoms with Gasteiger partial charge in [-0.15, -0.1) is 23.7 Å². The molecule has 0 spiro atoms. The summed E-state index contributed by atoms with van der Waals surface area (Å²) in [6.07, 6.45) is 0. The number of fused-ring (bicyclic) bond motifs is 1. The number of aromatic nitrogens is 2. The van der Waals surface area contributed by atoms with E-state index in [0.29, 0.717) is 18.1 Å². The molecule has 0 saturated heterocycles. The Morgan fingerprint density at radius 1 is 1.28 bits per heavy atom. The topological polar surface area (TPSA) is 78.1 Å². The van der Waals surface area contributed by atoms with Gasteiger partial charge in [-0.1, -0.05) is 11.8 Å². The van der Waals surface area contributed by atoms with Gasteiger partial charge in [-0.2, -0.15) is 0 Å². The summed E-state index contributed by atoms with van der Waals surface area (Å²) in [5.41, 5.74) is 6.45. The third-order valence-corrected chi connectivity index (χ3v) is 5.60. The molecule has 5 nitrogen and oxygen atoms in total. The van der Waals surface area contributed by atoms with Crippen molar-refractivity contribution in [1.29, 1.82) is 0 Å². The number of thioether (sulfide) groups is 1. The summed E-state index contributed by atoms with van der Waals surface area (Å²) in [6, 6.07) is 9.41. The van der Waals surface area contributed by atoms with E-state index in [9.17, 15) is 4.79 Å². The second kappa shape index (κ2) is 8.62. The van der Waals surface area contributed by atoms with E-state index in [1.807, 2.05) is 37.3 Å². The van der Waals surface area contributed by atoms with Gasteiger partial charge in [0.15, 0.2) is 5.78 Å². The number of Topliss-reactive ketones (excluding diaryl/α,β-unsaturated/α-hetero) is 1. The van der Waals surface area contributed by atoms with E-state index in [1.54, 1.807) is 7.11 Å². The lowest BCUT2D eigenvalue weighted by molar-refractivity contribution is 0.102. The zero-order valence-electron chi connectivity index (χ0n) is 13.8. The molecule has 2 aromatic heterocycles. The molecule has 0 bridgehead atoms. The van der Waals surface area contributed by atoms with Gasteiger partial charge in [0, 0.05) is 16.8 Å². The van der Waals surface area contributed by atoms with Crippen molar-refractivity contribution in [2.45, 2.75) is 18.5 Å². The Balaban J connectivity index is 0.00000225. The van der Waals surface area contributed by atoms with Gasteiger partial charge < -0.3 is 10.5 Å². The first kappa shape index (κ1) is 19.7. The Labute approximate surface area is 160 Å². The standard InChI is InChI=1S/C17H17N3O2S2.ClH/c1-10-19-14-5-3-11(22-2)7-13(14)17(20-10)23-9-15(21)16-6-4-12(8-18)24-16;/h3-7H,8-9,18H2,1-2H3;1H. The Morgan fingerprint density at radius 2 is 2.08 bits per heavy atom. The molecule has 1 aromatic carbocycles. The van der Waals surface area contributed by atoms with Gasteiger partial charge in [-0.05, 0) is 37.3 Å². The third-order valence-electron chi connectivity index (χ3n) is 3.46. The van der Waals surface area contributed by atoms with Crippen LogP contribution in [0.5, 0.6) is 5.75 Å². The molecule has 0 radical (unpaired) electrons. The van der Waals surface area contributed by atoms with Crippen LogP contribution in [0.4, 0.5) is 0 Å². The smallest absolute Gasteiger partial charge is 0.183 e. The maximum atomic E-state index is 12.4. The maximum absolute atomic E-state index is 12.4. The number of hydrogen-bond donors (Lipinski definition) is 1. The molecule has 132 valence electrons. The molecule has 0 unspecified atom stereocenters. The van der Waals surface area contributed by atoms with E-state index in [2.05, 4.69) is 9.97 Å². The molecule has 0 aliphatic rings. The van der Waals surface area contributed by atoms with Crippen LogP contribution in [-0.2, 0) is 6.54 Å². The second-order valence-corrected chi connectivity index (χ2v) is 7.27. The van der Waals surface area contributed by atoms with Crippen molar-refractivity contribution in [3.8, 4) is 5.75 Å². The molecule has 8 heteroatoms. The monoisotopic (exact) mass is 395 g/mol. The largest absolute Gasteiger partial charge is 0.497 e. The third kappa shape index (κ3) is 4.49. The van der Waals surface area contributed by atoms with Gasteiger partial charge in [-0.25, -0.2) is 9.97 Å². The molecule has 25 heavy (non-hydrogen) atoms. The van der Waals surface area contributed by atoms with Crippen LogP contribution in [0.1, 0.15) is 20.4 Å². The highest BCUT2D eigenvalue weighted by molar-refractivity contribution is 8.00. The maximum Gasteiger partial charge on any atom is 0.183 e. The first-order chi connectivity index (χ1) is 11.6. The molecule has 3 aromatic rings. The van der Waals surface area contributed by atoms with Gasteiger partial charge in [0.25, 0.3) is 0 Å². The molecule has 2 N–H and O–H groups in total. The van der Waals surface area contributed by atoms with E-state index < -0.39 is 0 Å². The number of aryl methyl sites for hydroxylation is 1. The summed E-state index contributed by atoms with van der Waals surface area (Å²) in [5, 5.41) is 1.69. The van der Waals surface area contributed by atoms with Crippen LogP contribution >= 0.6 is 35.5 Å². The Kier molecular flexibility index (Phi) is 6.78. The number of hydrogen-bond acceptors (Lipinski definition) is 7. The molecule has 3 rings (SSSR count). The van der Waals surface area contributed by atoms with E-state index >= 15 is 0 Å². The van der Waals surface area contributed by atoms with E-state index in [-0.39, 0.29) is 18.2 Å². The van der Waals surface area contributed by atoms with Crippen molar-refractivity contribution in [1.82, 2.24) is 9.97 Å². The normalized spacial score (nSPS) is 10.5. The minimum Gasteiger partial charge on any atom is -0.497 e. The summed E-state index contributed by atoms with van der Waals surface area (Å²) in [7, 11) is 1.62. The zero-order valence-corrected chi connectivity index (χ0v) is 16.3. The van der Waals surface area contributed by atoms with E-state index in [4.69, 9.17) is 10.5 Å². The summed E-state index contributed by atoms with van der Waals surface area (Å²) in [6.45, 7) is 2.31. The van der Waals surface area contributed by atoms with Crippen molar-refractivity contribution < 1.29 is 9.53 Å². The Morgan fingerprint density at radius 3 is 2.76 bits per heavy atom. The van der Waals surface area contributed by atoms with E-state index in [1.165, 1.54) is 23.1 Å². The van der Waals surface area contributed by atoms with Crippen LogP contribution in [0, 0.1) is 6.92 Å². The van der Waals surface area contributed by atoms with Gasteiger partial charge in [0.1, 0.15) is 16.6 Å². The van der Waals surface area contributed by atoms with Crippen LogP contribution in [0.25, 0.3) is 10.9 Å². The Hall–Kier alpha value is -1.67. The lowest BCUT2D eigenvalue weighted by atomic mass is 10.2. The van der Waals surface area contributed by atoms with Crippen molar-refractivity contribution in [3.05, 3.63) is 45.9 Å². The lowest BCUT2D eigenvalue weighted by Gasteiger charge is -2.08. The highest BCUT2D eigenvalue weighted by Crippen LogP contribution is 2.29. The van der Waals surface area contributed by atoms with Gasteiger partial charge in [0.2, 0.25) is 0 Å². The number of benzene rings is 1. The molecule has 0 atom stereocenters. The van der Waals surface area contributed by atoms with E-state index in [0.717, 1.165) is 31.4 Å². The molecule has 0 aliphatic heterocycles. The van der Waals surface area contributed by atoms with Gasteiger partial charge in [-0.3, -0.25) is 4.79 Å². The molecule has 0 fully saturated rings. The number of halogens is 1. The molecule has 2 heterocycles. The summed E-state index contributed by atoms with van der Waals surface area (Å²) >= 11 is 2.87. The molecule has 0 amide bonds. The minimum atomic E-state index is 0. The average Bonchev–Trinajstić information content (AvgIpc) is 3.08. The predicted octanol–water partition coefficient (Wildman–Crippen LogP) is 3.86. The van der Waals surface area contributed by atoms with Crippen LogP contribution in [0.2, 0.25) is 0 Å². The summed E-state index contributed by atoms with van der Waals surface area (Å²) in [5.74, 6) is 1.84. The van der Waals surface area contributed by atoms with Crippen molar-refractivity contribution in [3.63, 3.8) is 0 Å². The number of methoxy groups -OCH3 is 1. The SMILES string of the molecule is COc1ccc2nc(C)nc(SCC(=O)c3ccc(CN)s3)c2c1.Cl. The summed E-state index contributed by atoms with van der Waals surface area (Å²) in [4.78, 5) is 23.0. The zero-order chi connectivity index (χ0) is 17.1. The predicted molar refractivity (Wildman–Crippen MR) is 105 cm³/mol. The van der Waals surface area contributed by atoms with Gasteiger partial charge >= 0.3 is 0 Å². The number of carbonyl (C=O) groups excluding carboxylic acids is 1. The molecule has 0 saturated carbocycles. The fourth-order valence-electron chi connectivity index (χ4n) is 2.27. The fraction of sp³-hybridized carbons (Fsp3) is 0.235. The van der Waals surface area contributed by atoms with Crippen LogP contribution in [0.15, 0.2) is 35.4 Å². The quantitative estimate of drug-likeness (QED) is 0.388. The number of thiophene rings is 1. The van der Waals surface area contributed by atoms with Crippen LogP contribution in [0.3, 0.4) is 0 Å². The number of nitrogens with zero attached hydrogens (tertiary/aromatic N) is 2. The number of ether oxygens (including phenoxy) is 1. The van der Waals surface area contributed by atoms with Crippen molar-refractivity contribution in [2.24, 2.45) is 5.73 Å². The number of ketones is 1. The highest BCUT2D eigenvalue weighted by atomic mass is 35.5. The minimum absolute atomic E-state index is 0. The molecule has 0 aliphatic carbocycles. The Bertz CT molecular complexity index is 899. The lowest BCUT2D eigenvalue weighted by Crippen LogP contribution is -2.01. The number of nitrogens with two attached hydrogens (primary N) is 1. The first-order valence-corrected chi connectivity index (χ1v) is 9.18. The van der Waals surface area contributed by atoms with Crippen LogP contribution < -0.4 is 10.5 Å². The van der Waals surface area contributed by atoms with Crippen molar-refractivity contribution in [2.75, 3.05) is 12.9 Å². The molecular formula is C17H18ClN3O2S2.